The summed E-state index contributed by atoms with van der Waals surface area (Å²) < 4.78 is 0.776. The van der Waals surface area contributed by atoms with E-state index in [9.17, 15) is 14.4 Å². The van der Waals surface area contributed by atoms with Crippen LogP contribution in [0.25, 0.3) is 0 Å². The quantitative estimate of drug-likeness (QED) is 0.594. The van der Waals surface area contributed by atoms with Crippen molar-refractivity contribution >= 4 is 39.3 Å². The second-order valence-electron chi connectivity index (χ2n) is 6.22. The summed E-state index contributed by atoms with van der Waals surface area (Å²) in [5.41, 5.74) is 8.11. The third-order valence-electron chi connectivity index (χ3n) is 4.19. The van der Waals surface area contributed by atoms with E-state index in [2.05, 4.69) is 26.8 Å². The second kappa shape index (κ2) is 7.39. The van der Waals surface area contributed by atoms with Crippen LogP contribution in [0, 0.1) is 13.8 Å². The number of halogens is 1. The number of carbonyl (C=O) groups is 3. The van der Waals surface area contributed by atoms with Gasteiger partial charge in [-0.3, -0.25) is 19.8 Å². The molecule has 26 heavy (non-hydrogen) atoms. The average Bonchev–Trinajstić information content (AvgIpc) is 2.87. The summed E-state index contributed by atoms with van der Waals surface area (Å²) >= 11 is 3.30. The third-order valence-corrected chi connectivity index (χ3v) is 4.68. The number of hydrazine groups is 1. The van der Waals surface area contributed by atoms with E-state index < -0.39 is 6.04 Å². The molecule has 134 valence electrons. The highest BCUT2D eigenvalue weighted by molar-refractivity contribution is 9.10. The number of hydrogen-bond acceptors (Lipinski definition) is 4. The maximum atomic E-state index is 12.6. The summed E-state index contributed by atoms with van der Waals surface area (Å²) in [4.78, 5) is 38.3. The predicted molar refractivity (Wildman–Crippen MR) is 102 cm³/mol. The zero-order valence-corrected chi connectivity index (χ0v) is 16.0. The van der Waals surface area contributed by atoms with Crippen LogP contribution in [-0.4, -0.2) is 23.8 Å². The highest BCUT2D eigenvalue weighted by atomic mass is 79.9. The van der Waals surface area contributed by atoms with E-state index in [-0.39, 0.29) is 24.1 Å². The van der Waals surface area contributed by atoms with Crippen molar-refractivity contribution in [2.45, 2.75) is 26.3 Å². The lowest BCUT2D eigenvalue weighted by Gasteiger charge is -2.18. The normalized spacial score (nSPS) is 16.9. The largest absolute Gasteiger partial charge is 0.287 e. The molecule has 7 heteroatoms. The van der Waals surface area contributed by atoms with Crippen LogP contribution in [-0.2, 0) is 9.59 Å². The van der Waals surface area contributed by atoms with Gasteiger partial charge in [0.2, 0.25) is 5.91 Å². The summed E-state index contributed by atoms with van der Waals surface area (Å²) in [7, 11) is 0. The Morgan fingerprint density at radius 1 is 1.15 bits per heavy atom. The van der Waals surface area contributed by atoms with Gasteiger partial charge < -0.3 is 0 Å². The molecule has 0 aliphatic carbocycles. The number of aryl methyl sites for hydroxylation is 2. The van der Waals surface area contributed by atoms with Gasteiger partial charge in [-0.1, -0.05) is 39.7 Å². The predicted octanol–water partition coefficient (Wildman–Crippen LogP) is 2.63. The second-order valence-corrected chi connectivity index (χ2v) is 7.14. The summed E-state index contributed by atoms with van der Waals surface area (Å²) in [5.74, 6) is -1.05. The minimum Gasteiger partial charge on any atom is -0.287 e. The number of carbonyl (C=O) groups excluding carboxylic acids is 3. The minimum atomic E-state index is -0.792. The SMILES string of the molecule is Cc1ccc(N2C(=O)C[C@H](NNC(=O)c3cccc(Br)c3)C2=O)c(C)c1. The van der Waals surface area contributed by atoms with E-state index in [0.29, 0.717) is 11.3 Å². The van der Waals surface area contributed by atoms with Crippen molar-refractivity contribution in [2.24, 2.45) is 0 Å². The van der Waals surface area contributed by atoms with Gasteiger partial charge in [0.1, 0.15) is 6.04 Å². The number of amides is 3. The van der Waals surface area contributed by atoms with Gasteiger partial charge in [-0.2, -0.15) is 0 Å². The van der Waals surface area contributed by atoms with Crippen LogP contribution in [0.2, 0.25) is 0 Å². The van der Waals surface area contributed by atoms with Crippen LogP contribution in [0.1, 0.15) is 27.9 Å². The lowest BCUT2D eigenvalue weighted by Crippen LogP contribution is -2.48. The van der Waals surface area contributed by atoms with Gasteiger partial charge in [0.05, 0.1) is 12.1 Å². The fourth-order valence-corrected chi connectivity index (χ4v) is 3.31. The molecular weight excluding hydrogens is 398 g/mol. The van der Waals surface area contributed by atoms with Crippen molar-refractivity contribution in [3.63, 3.8) is 0 Å². The Morgan fingerprint density at radius 3 is 2.62 bits per heavy atom. The van der Waals surface area contributed by atoms with Gasteiger partial charge in [-0.25, -0.2) is 10.3 Å². The lowest BCUT2D eigenvalue weighted by atomic mass is 10.1. The molecule has 2 N–H and O–H groups in total. The molecule has 1 aliphatic heterocycles. The zero-order chi connectivity index (χ0) is 18.8. The van der Waals surface area contributed by atoms with Gasteiger partial charge in [0.25, 0.3) is 11.8 Å². The first-order valence-corrected chi connectivity index (χ1v) is 8.91. The standard InChI is InChI=1S/C19H18BrN3O3/c1-11-6-7-16(12(2)8-11)23-17(24)10-15(19(23)26)21-22-18(25)13-4-3-5-14(20)9-13/h3-9,15,21H,10H2,1-2H3,(H,22,25)/t15-/m0/s1. The number of rotatable bonds is 4. The molecule has 1 fully saturated rings. The van der Waals surface area contributed by atoms with Crippen molar-refractivity contribution in [2.75, 3.05) is 4.90 Å². The number of benzene rings is 2. The molecular formula is C19H18BrN3O3. The van der Waals surface area contributed by atoms with Crippen molar-refractivity contribution < 1.29 is 14.4 Å². The smallest absolute Gasteiger partial charge is 0.265 e. The monoisotopic (exact) mass is 415 g/mol. The molecule has 3 rings (SSSR count). The molecule has 1 atom stereocenters. The molecule has 0 aromatic heterocycles. The van der Waals surface area contributed by atoms with E-state index >= 15 is 0 Å². The number of anilines is 1. The average molecular weight is 416 g/mol. The summed E-state index contributed by atoms with van der Waals surface area (Å²) in [6.07, 6.45) is -0.00901. The molecule has 1 aliphatic rings. The van der Waals surface area contributed by atoms with Crippen LogP contribution in [0.4, 0.5) is 5.69 Å². The van der Waals surface area contributed by atoms with Crippen LogP contribution >= 0.6 is 15.9 Å². The highest BCUT2D eigenvalue weighted by Gasteiger charge is 2.40. The minimum absolute atomic E-state index is 0.00901. The van der Waals surface area contributed by atoms with Crippen molar-refractivity contribution in [1.82, 2.24) is 10.9 Å². The van der Waals surface area contributed by atoms with Crippen LogP contribution in [0.5, 0.6) is 0 Å². The molecule has 0 unspecified atom stereocenters. The summed E-state index contributed by atoms with van der Waals surface area (Å²) in [6, 6.07) is 11.6. The van der Waals surface area contributed by atoms with E-state index in [1.54, 1.807) is 24.3 Å². The van der Waals surface area contributed by atoms with Gasteiger partial charge >= 0.3 is 0 Å². The van der Waals surface area contributed by atoms with Crippen LogP contribution in [0.3, 0.4) is 0 Å². The Morgan fingerprint density at radius 2 is 1.92 bits per heavy atom. The van der Waals surface area contributed by atoms with E-state index in [4.69, 9.17) is 0 Å². The maximum Gasteiger partial charge on any atom is 0.265 e. The van der Waals surface area contributed by atoms with Crippen LogP contribution < -0.4 is 15.8 Å². The van der Waals surface area contributed by atoms with Gasteiger partial charge in [-0.15, -0.1) is 0 Å². The van der Waals surface area contributed by atoms with Crippen molar-refractivity contribution in [3.05, 3.63) is 63.6 Å². The highest BCUT2D eigenvalue weighted by Crippen LogP contribution is 2.26. The number of nitrogens with zero attached hydrogens (tertiary/aromatic N) is 1. The zero-order valence-electron chi connectivity index (χ0n) is 14.4. The lowest BCUT2D eigenvalue weighted by molar-refractivity contribution is -0.121. The van der Waals surface area contributed by atoms with Gasteiger partial charge in [0.15, 0.2) is 0 Å². The molecule has 0 spiro atoms. The van der Waals surface area contributed by atoms with Crippen molar-refractivity contribution in [3.8, 4) is 0 Å². The first kappa shape index (κ1) is 18.3. The molecule has 0 saturated carbocycles. The van der Waals surface area contributed by atoms with Gasteiger partial charge in [0, 0.05) is 10.0 Å². The topological polar surface area (TPSA) is 78.5 Å². The summed E-state index contributed by atoms with van der Waals surface area (Å²) in [6.45, 7) is 3.81. The third kappa shape index (κ3) is 3.68. The fraction of sp³-hybridized carbons (Fsp3) is 0.211. The molecule has 2 aromatic carbocycles. The molecule has 0 radical (unpaired) electrons. The molecule has 2 aromatic rings. The Balaban J connectivity index is 1.70. The summed E-state index contributed by atoms with van der Waals surface area (Å²) in [5, 5.41) is 0. The number of imide groups is 1. The molecule has 3 amide bonds. The molecule has 6 nitrogen and oxygen atoms in total. The number of hydrogen-bond donors (Lipinski definition) is 2. The van der Waals surface area contributed by atoms with Gasteiger partial charge in [-0.05, 0) is 43.7 Å². The first-order valence-electron chi connectivity index (χ1n) is 8.12. The van der Waals surface area contributed by atoms with E-state index in [1.165, 1.54) is 4.90 Å². The van der Waals surface area contributed by atoms with Crippen molar-refractivity contribution in [1.29, 1.82) is 0 Å². The van der Waals surface area contributed by atoms with Crippen LogP contribution in [0.15, 0.2) is 46.9 Å². The number of nitrogens with one attached hydrogen (secondary N) is 2. The Bertz CT molecular complexity index is 897. The Labute approximate surface area is 159 Å². The van der Waals surface area contributed by atoms with E-state index in [1.807, 2.05) is 32.0 Å². The Hall–Kier alpha value is -2.51. The van der Waals surface area contributed by atoms with E-state index in [0.717, 1.165) is 15.6 Å². The fourth-order valence-electron chi connectivity index (χ4n) is 2.91. The maximum absolute atomic E-state index is 12.6. The Kier molecular flexibility index (Phi) is 5.20. The first-order chi connectivity index (χ1) is 12.4. The molecule has 1 heterocycles. The molecule has 0 bridgehead atoms. The molecule has 1 saturated heterocycles.